The molecule has 126 valence electrons. The van der Waals surface area contributed by atoms with E-state index in [1.54, 1.807) is 19.1 Å². The van der Waals surface area contributed by atoms with E-state index >= 15 is 0 Å². The summed E-state index contributed by atoms with van der Waals surface area (Å²) in [6, 6.07) is 8.41. The zero-order valence-corrected chi connectivity index (χ0v) is 13.9. The highest BCUT2D eigenvalue weighted by atomic mass is 16.5. The average molecular weight is 328 g/mol. The van der Waals surface area contributed by atoms with Crippen LogP contribution < -0.4 is 11.2 Å². The van der Waals surface area contributed by atoms with Gasteiger partial charge in [0.05, 0.1) is 18.4 Å². The second kappa shape index (κ2) is 7.45. The number of carbonyl (C=O) groups is 2. The summed E-state index contributed by atoms with van der Waals surface area (Å²) in [6.45, 7) is 6.02. The molecule has 1 aromatic heterocycles. The molecule has 0 bridgehead atoms. The minimum Gasteiger partial charge on any atom is -0.462 e. The number of rotatable bonds is 5. The van der Waals surface area contributed by atoms with Gasteiger partial charge in [0.2, 0.25) is 0 Å². The number of aromatic nitrogens is 1. The zero-order chi connectivity index (χ0) is 17.7. The van der Waals surface area contributed by atoms with E-state index in [2.05, 4.69) is 10.5 Å². The Balaban J connectivity index is 2.29. The van der Waals surface area contributed by atoms with Gasteiger partial charge in [-0.1, -0.05) is 0 Å². The van der Waals surface area contributed by atoms with Crippen LogP contribution in [0.4, 0.5) is 4.79 Å². The number of primary amides is 1. The monoisotopic (exact) mass is 328 g/mol. The Kier molecular flexibility index (Phi) is 5.36. The minimum absolute atomic E-state index is 0.338. The van der Waals surface area contributed by atoms with Gasteiger partial charge in [0.1, 0.15) is 0 Å². The van der Waals surface area contributed by atoms with Gasteiger partial charge in [-0.05, 0) is 51.1 Å². The van der Waals surface area contributed by atoms with Crippen LogP contribution in [0.3, 0.4) is 0 Å². The van der Waals surface area contributed by atoms with Crippen LogP contribution in [0.25, 0.3) is 5.69 Å². The SMILES string of the molecule is CCOC(=O)c1ccc(-n2c(C)cc(/C=N\NC(N)=O)c2C)cc1. The fourth-order valence-electron chi connectivity index (χ4n) is 2.44. The Labute approximate surface area is 140 Å². The summed E-state index contributed by atoms with van der Waals surface area (Å²) >= 11 is 0. The first kappa shape index (κ1) is 17.3. The van der Waals surface area contributed by atoms with E-state index in [0.29, 0.717) is 12.2 Å². The third-order valence-corrected chi connectivity index (χ3v) is 3.49. The van der Waals surface area contributed by atoms with E-state index < -0.39 is 6.03 Å². The van der Waals surface area contributed by atoms with Gasteiger partial charge in [-0.15, -0.1) is 0 Å². The number of benzene rings is 1. The van der Waals surface area contributed by atoms with Crippen molar-refractivity contribution in [2.75, 3.05) is 6.61 Å². The van der Waals surface area contributed by atoms with Gasteiger partial charge in [-0.2, -0.15) is 5.10 Å². The first-order valence-electron chi connectivity index (χ1n) is 7.49. The maximum absolute atomic E-state index is 11.7. The third kappa shape index (κ3) is 3.81. The molecule has 0 aliphatic rings. The molecule has 0 saturated carbocycles. The maximum atomic E-state index is 11.7. The van der Waals surface area contributed by atoms with Crippen molar-refractivity contribution in [3.05, 3.63) is 52.8 Å². The molecule has 1 heterocycles. The smallest absolute Gasteiger partial charge is 0.338 e. The quantitative estimate of drug-likeness (QED) is 0.500. The number of hydrogen-bond donors (Lipinski definition) is 2. The van der Waals surface area contributed by atoms with Crippen LogP contribution in [0.15, 0.2) is 35.4 Å². The van der Waals surface area contributed by atoms with Crippen molar-refractivity contribution in [2.45, 2.75) is 20.8 Å². The lowest BCUT2D eigenvalue weighted by Crippen LogP contribution is -2.24. The van der Waals surface area contributed by atoms with Crippen molar-refractivity contribution in [1.82, 2.24) is 9.99 Å². The molecule has 2 aromatic rings. The number of urea groups is 1. The lowest BCUT2D eigenvalue weighted by Gasteiger charge is -2.10. The van der Waals surface area contributed by atoms with Crippen LogP contribution in [0, 0.1) is 13.8 Å². The van der Waals surface area contributed by atoms with Crippen molar-refractivity contribution < 1.29 is 14.3 Å². The molecular formula is C17H20N4O3. The zero-order valence-electron chi connectivity index (χ0n) is 13.9. The van der Waals surface area contributed by atoms with Crippen LogP contribution in [0.5, 0.6) is 0 Å². The lowest BCUT2D eigenvalue weighted by molar-refractivity contribution is 0.0526. The van der Waals surface area contributed by atoms with Gasteiger partial charge in [0.15, 0.2) is 0 Å². The molecule has 7 nitrogen and oxygen atoms in total. The fraction of sp³-hybridized carbons (Fsp3) is 0.235. The van der Waals surface area contributed by atoms with E-state index in [0.717, 1.165) is 22.6 Å². The van der Waals surface area contributed by atoms with Crippen molar-refractivity contribution in [3.8, 4) is 5.69 Å². The van der Waals surface area contributed by atoms with Gasteiger partial charge in [-0.3, -0.25) is 0 Å². The van der Waals surface area contributed by atoms with Crippen molar-refractivity contribution in [1.29, 1.82) is 0 Å². The molecule has 2 amide bonds. The molecule has 0 radical (unpaired) electrons. The number of carbonyl (C=O) groups excluding carboxylic acids is 2. The number of nitrogens with zero attached hydrogens (tertiary/aromatic N) is 2. The summed E-state index contributed by atoms with van der Waals surface area (Å²) in [4.78, 5) is 22.4. The number of amides is 2. The predicted octanol–water partition coefficient (Wildman–Crippen LogP) is 2.27. The number of esters is 1. The first-order chi connectivity index (χ1) is 11.4. The Morgan fingerprint density at radius 1 is 1.29 bits per heavy atom. The summed E-state index contributed by atoms with van der Waals surface area (Å²) in [5.41, 5.74) is 11.4. The highest BCUT2D eigenvalue weighted by molar-refractivity contribution is 5.89. The molecule has 3 N–H and O–H groups in total. The second-order valence-electron chi connectivity index (χ2n) is 5.16. The first-order valence-corrected chi connectivity index (χ1v) is 7.49. The number of nitrogens with two attached hydrogens (primary N) is 1. The topological polar surface area (TPSA) is 98.7 Å². The highest BCUT2D eigenvalue weighted by Crippen LogP contribution is 2.20. The van der Waals surface area contributed by atoms with E-state index in [9.17, 15) is 9.59 Å². The van der Waals surface area contributed by atoms with E-state index in [4.69, 9.17) is 10.5 Å². The Bertz CT molecular complexity index is 776. The van der Waals surface area contributed by atoms with Gasteiger partial charge in [0, 0.05) is 22.6 Å². The summed E-state index contributed by atoms with van der Waals surface area (Å²) in [7, 11) is 0. The van der Waals surface area contributed by atoms with Gasteiger partial charge < -0.3 is 15.0 Å². The molecule has 24 heavy (non-hydrogen) atoms. The van der Waals surface area contributed by atoms with Gasteiger partial charge in [0.25, 0.3) is 0 Å². The Morgan fingerprint density at radius 2 is 1.96 bits per heavy atom. The molecule has 2 rings (SSSR count). The number of hydrogen-bond acceptors (Lipinski definition) is 4. The standard InChI is InChI=1S/C17H20N4O3/c1-4-24-16(22)13-5-7-15(8-6-13)21-11(2)9-14(12(21)3)10-19-20-17(18)23/h5-10H,4H2,1-3H3,(H3,18,20,23)/b19-10-. The lowest BCUT2D eigenvalue weighted by atomic mass is 10.2. The van der Waals surface area contributed by atoms with Crippen molar-refractivity contribution in [3.63, 3.8) is 0 Å². The average Bonchev–Trinajstić information content (AvgIpc) is 2.82. The molecule has 1 aromatic carbocycles. The third-order valence-electron chi connectivity index (χ3n) is 3.49. The van der Waals surface area contributed by atoms with Crippen molar-refractivity contribution in [2.24, 2.45) is 10.8 Å². The Morgan fingerprint density at radius 3 is 2.54 bits per heavy atom. The predicted molar refractivity (Wildman–Crippen MR) is 91.5 cm³/mol. The summed E-state index contributed by atoms with van der Waals surface area (Å²) in [5.74, 6) is -0.338. The molecule has 0 aliphatic carbocycles. The molecule has 0 unspecified atom stereocenters. The fourth-order valence-corrected chi connectivity index (χ4v) is 2.44. The van der Waals surface area contributed by atoms with E-state index in [1.165, 1.54) is 6.21 Å². The molecule has 0 aliphatic heterocycles. The molecule has 0 fully saturated rings. The summed E-state index contributed by atoms with van der Waals surface area (Å²) in [6.07, 6.45) is 1.54. The maximum Gasteiger partial charge on any atom is 0.338 e. The second-order valence-corrected chi connectivity index (χ2v) is 5.16. The molecular weight excluding hydrogens is 308 g/mol. The number of hydrazone groups is 1. The number of ether oxygens (including phenoxy) is 1. The summed E-state index contributed by atoms with van der Waals surface area (Å²) in [5, 5.41) is 3.78. The summed E-state index contributed by atoms with van der Waals surface area (Å²) < 4.78 is 7.01. The molecule has 0 atom stereocenters. The van der Waals surface area contributed by atoms with Crippen LogP contribution in [0.1, 0.15) is 34.2 Å². The van der Waals surface area contributed by atoms with Gasteiger partial charge >= 0.3 is 12.0 Å². The number of aryl methyl sites for hydroxylation is 1. The normalized spacial score (nSPS) is 10.8. The molecule has 0 spiro atoms. The minimum atomic E-state index is -0.713. The van der Waals surface area contributed by atoms with Crippen LogP contribution in [-0.4, -0.2) is 29.4 Å². The molecule has 0 saturated heterocycles. The van der Waals surface area contributed by atoms with Crippen LogP contribution in [0.2, 0.25) is 0 Å². The van der Waals surface area contributed by atoms with E-state index in [1.807, 2.05) is 36.6 Å². The molecule has 7 heteroatoms. The van der Waals surface area contributed by atoms with E-state index in [-0.39, 0.29) is 5.97 Å². The van der Waals surface area contributed by atoms with Crippen LogP contribution >= 0.6 is 0 Å². The largest absolute Gasteiger partial charge is 0.462 e. The van der Waals surface area contributed by atoms with Gasteiger partial charge in [-0.25, -0.2) is 15.0 Å². The highest BCUT2D eigenvalue weighted by Gasteiger charge is 2.11. The van der Waals surface area contributed by atoms with Crippen molar-refractivity contribution >= 4 is 18.2 Å². The number of nitrogens with one attached hydrogen (secondary N) is 1. The Hall–Kier alpha value is -3.09. The van der Waals surface area contributed by atoms with Crippen LogP contribution in [-0.2, 0) is 4.74 Å².